The normalized spacial score (nSPS) is 17.8. The van der Waals surface area contributed by atoms with Crippen LogP contribution in [0.15, 0.2) is 39.9 Å². The average Bonchev–Trinajstić information content (AvgIpc) is 2.58. The minimum absolute atomic E-state index is 0.231. The fourth-order valence-electron chi connectivity index (χ4n) is 2.97. The lowest BCUT2D eigenvalue weighted by molar-refractivity contribution is -0.141. The molecule has 1 fully saturated rings. The first kappa shape index (κ1) is 16.7. The van der Waals surface area contributed by atoms with Crippen LogP contribution in [-0.4, -0.2) is 33.7 Å². The molecule has 0 saturated carbocycles. The van der Waals surface area contributed by atoms with Crippen LogP contribution < -0.4 is 10.5 Å². The van der Waals surface area contributed by atoms with Gasteiger partial charge in [0.15, 0.2) is 5.82 Å². The number of rotatable bonds is 3. The van der Waals surface area contributed by atoms with Crippen LogP contribution >= 0.6 is 15.9 Å². The zero-order valence-electron chi connectivity index (χ0n) is 13.3. The highest BCUT2D eigenvalue weighted by Crippen LogP contribution is 2.21. The van der Waals surface area contributed by atoms with Gasteiger partial charge in [0.05, 0.1) is 5.92 Å². The number of halogens is 1. The van der Waals surface area contributed by atoms with Gasteiger partial charge in [-0.25, -0.2) is 4.98 Å². The van der Waals surface area contributed by atoms with Crippen LogP contribution in [0, 0.1) is 12.8 Å². The lowest BCUT2D eigenvalue weighted by Crippen LogP contribution is -2.42. The number of benzene rings is 1. The minimum Gasteiger partial charge on any atom is -0.481 e. The highest BCUT2D eigenvalue weighted by Gasteiger charge is 2.27. The Morgan fingerprint density at radius 2 is 2.21 bits per heavy atom. The molecule has 1 aromatic carbocycles. The van der Waals surface area contributed by atoms with E-state index in [0.29, 0.717) is 25.3 Å². The van der Waals surface area contributed by atoms with E-state index in [4.69, 9.17) is 0 Å². The predicted octanol–water partition coefficient (Wildman–Crippen LogP) is 2.60. The number of nitrogens with zero attached hydrogens (tertiary/aromatic N) is 3. The molecule has 1 atom stereocenters. The Bertz CT molecular complexity index is 834. The Morgan fingerprint density at radius 1 is 1.42 bits per heavy atom. The molecule has 24 heavy (non-hydrogen) atoms. The third-order valence-electron chi connectivity index (χ3n) is 4.31. The van der Waals surface area contributed by atoms with Crippen LogP contribution in [0.4, 0.5) is 5.82 Å². The Labute approximate surface area is 147 Å². The van der Waals surface area contributed by atoms with Gasteiger partial charge in [0, 0.05) is 35.6 Å². The smallest absolute Gasteiger partial charge is 0.308 e. The van der Waals surface area contributed by atoms with Gasteiger partial charge in [0.25, 0.3) is 5.56 Å². The summed E-state index contributed by atoms with van der Waals surface area (Å²) in [7, 11) is 0. The van der Waals surface area contributed by atoms with Crippen molar-refractivity contribution in [3.8, 4) is 5.69 Å². The zero-order valence-corrected chi connectivity index (χ0v) is 14.9. The van der Waals surface area contributed by atoms with E-state index >= 15 is 0 Å². The molecule has 126 valence electrons. The molecule has 0 amide bonds. The fourth-order valence-corrected chi connectivity index (χ4v) is 3.22. The third-order valence-corrected chi connectivity index (χ3v) is 5.20. The number of aryl methyl sites for hydroxylation is 1. The van der Waals surface area contributed by atoms with E-state index in [1.807, 2.05) is 25.1 Å². The molecule has 0 aliphatic carbocycles. The SMILES string of the molecule is Cc1cc(-n2ccnc(N3CCCC(C(=O)O)C3)c2=O)ccc1Br. The van der Waals surface area contributed by atoms with Crippen LogP contribution in [0.5, 0.6) is 0 Å². The summed E-state index contributed by atoms with van der Waals surface area (Å²) in [4.78, 5) is 30.1. The summed E-state index contributed by atoms with van der Waals surface area (Å²) in [5.41, 5.74) is 1.56. The highest BCUT2D eigenvalue weighted by atomic mass is 79.9. The second kappa shape index (κ2) is 6.76. The number of piperidine rings is 1. The molecule has 2 heterocycles. The minimum atomic E-state index is -0.820. The number of aliphatic carboxylic acids is 1. The molecule has 1 saturated heterocycles. The zero-order chi connectivity index (χ0) is 17.3. The van der Waals surface area contributed by atoms with E-state index in [2.05, 4.69) is 20.9 Å². The average molecular weight is 392 g/mol. The summed E-state index contributed by atoms with van der Waals surface area (Å²) in [6.45, 7) is 2.93. The van der Waals surface area contributed by atoms with Crippen molar-refractivity contribution in [2.75, 3.05) is 18.0 Å². The van der Waals surface area contributed by atoms with E-state index < -0.39 is 11.9 Å². The van der Waals surface area contributed by atoms with E-state index in [1.54, 1.807) is 21.9 Å². The molecular weight excluding hydrogens is 374 g/mol. The number of anilines is 1. The predicted molar refractivity (Wildman–Crippen MR) is 94.8 cm³/mol. The monoisotopic (exact) mass is 391 g/mol. The molecule has 2 aromatic rings. The van der Waals surface area contributed by atoms with Gasteiger partial charge in [0.2, 0.25) is 0 Å². The van der Waals surface area contributed by atoms with Gasteiger partial charge in [-0.05, 0) is 43.5 Å². The molecular formula is C17H18BrN3O3. The summed E-state index contributed by atoms with van der Waals surface area (Å²) in [6.07, 6.45) is 4.59. The first-order valence-corrected chi connectivity index (χ1v) is 8.58. The van der Waals surface area contributed by atoms with Crippen molar-refractivity contribution in [1.82, 2.24) is 9.55 Å². The Hall–Kier alpha value is -2.15. The summed E-state index contributed by atoms with van der Waals surface area (Å²) in [5.74, 6) is -0.966. The van der Waals surface area contributed by atoms with Crippen LogP contribution in [0.25, 0.3) is 5.69 Å². The standard InChI is InChI=1S/C17H18BrN3O3/c1-11-9-13(4-5-14(11)18)21-8-6-19-15(16(21)22)20-7-2-3-12(10-20)17(23)24/h4-6,8-9,12H,2-3,7,10H2,1H3,(H,23,24). The number of hydrogen-bond donors (Lipinski definition) is 1. The summed E-state index contributed by atoms with van der Waals surface area (Å²) in [5, 5.41) is 9.23. The number of aromatic nitrogens is 2. The molecule has 0 bridgehead atoms. The van der Waals surface area contributed by atoms with Gasteiger partial charge in [-0.1, -0.05) is 15.9 Å². The van der Waals surface area contributed by atoms with Crippen molar-refractivity contribution in [3.05, 3.63) is 51.0 Å². The van der Waals surface area contributed by atoms with Gasteiger partial charge in [-0.3, -0.25) is 14.2 Å². The molecule has 3 rings (SSSR count). The lowest BCUT2D eigenvalue weighted by atomic mass is 9.98. The maximum Gasteiger partial charge on any atom is 0.308 e. The third kappa shape index (κ3) is 3.21. The van der Waals surface area contributed by atoms with Crippen molar-refractivity contribution in [2.45, 2.75) is 19.8 Å². The quantitative estimate of drug-likeness (QED) is 0.869. The maximum atomic E-state index is 12.8. The van der Waals surface area contributed by atoms with Gasteiger partial charge in [-0.2, -0.15) is 0 Å². The van der Waals surface area contributed by atoms with Crippen molar-refractivity contribution in [3.63, 3.8) is 0 Å². The topological polar surface area (TPSA) is 75.4 Å². The molecule has 1 aliphatic rings. The van der Waals surface area contributed by atoms with Crippen molar-refractivity contribution in [2.24, 2.45) is 5.92 Å². The number of carboxylic acids is 1. The molecule has 6 nitrogen and oxygen atoms in total. The molecule has 1 aromatic heterocycles. The summed E-state index contributed by atoms with van der Waals surface area (Å²) in [6, 6.07) is 5.68. The molecule has 7 heteroatoms. The largest absolute Gasteiger partial charge is 0.481 e. The number of carboxylic acid groups (broad SMARTS) is 1. The van der Waals surface area contributed by atoms with E-state index in [0.717, 1.165) is 22.1 Å². The van der Waals surface area contributed by atoms with Crippen molar-refractivity contribution in [1.29, 1.82) is 0 Å². The molecule has 1 N–H and O–H groups in total. The van der Waals surface area contributed by atoms with Crippen LogP contribution in [0.3, 0.4) is 0 Å². The fraction of sp³-hybridized carbons (Fsp3) is 0.353. The lowest BCUT2D eigenvalue weighted by Gasteiger charge is -2.31. The van der Waals surface area contributed by atoms with E-state index in [9.17, 15) is 14.7 Å². The molecule has 0 spiro atoms. The van der Waals surface area contributed by atoms with Gasteiger partial charge < -0.3 is 10.0 Å². The second-order valence-electron chi connectivity index (χ2n) is 5.98. The second-order valence-corrected chi connectivity index (χ2v) is 6.84. The van der Waals surface area contributed by atoms with Crippen LogP contribution in [0.1, 0.15) is 18.4 Å². The van der Waals surface area contributed by atoms with Crippen molar-refractivity contribution < 1.29 is 9.90 Å². The summed E-state index contributed by atoms with van der Waals surface area (Å²) >= 11 is 3.45. The van der Waals surface area contributed by atoms with E-state index in [-0.39, 0.29) is 5.56 Å². The first-order chi connectivity index (χ1) is 11.5. The number of hydrogen-bond acceptors (Lipinski definition) is 4. The van der Waals surface area contributed by atoms with E-state index in [1.165, 1.54) is 0 Å². The molecule has 0 radical (unpaired) electrons. The molecule has 1 aliphatic heterocycles. The van der Waals surface area contributed by atoms with Gasteiger partial charge >= 0.3 is 5.97 Å². The Kier molecular flexibility index (Phi) is 4.71. The van der Waals surface area contributed by atoms with Gasteiger partial charge in [-0.15, -0.1) is 0 Å². The summed E-state index contributed by atoms with van der Waals surface area (Å²) < 4.78 is 2.53. The first-order valence-electron chi connectivity index (χ1n) is 7.79. The maximum absolute atomic E-state index is 12.8. The molecule has 1 unspecified atom stereocenters. The Balaban J connectivity index is 1.98. The van der Waals surface area contributed by atoms with Gasteiger partial charge in [0.1, 0.15) is 0 Å². The Morgan fingerprint density at radius 3 is 2.92 bits per heavy atom. The highest BCUT2D eigenvalue weighted by molar-refractivity contribution is 9.10. The van der Waals surface area contributed by atoms with Crippen LogP contribution in [0.2, 0.25) is 0 Å². The van der Waals surface area contributed by atoms with Crippen molar-refractivity contribution >= 4 is 27.7 Å². The number of carbonyl (C=O) groups is 1. The van der Waals surface area contributed by atoms with Crippen LogP contribution in [-0.2, 0) is 4.79 Å².